The number of ether oxygens (including phenoxy) is 1. The Labute approximate surface area is 253 Å². The fourth-order valence-electron chi connectivity index (χ4n) is 4.70. The molecule has 1 atom stereocenters. The summed E-state index contributed by atoms with van der Waals surface area (Å²) in [5, 5.41) is 13.0. The number of aliphatic carboxylic acids is 1. The Kier molecular flexibility index (Phi) is 9.99. The Morgan fingerprint density at radius 3 is 2.19 bits per heavy atom. The van der Waals surface area contributed by atoms with Crippen molar-refractivity contribution in [1.82, 2.24) is 0 Å². The number of aryl methyl sites for hydroxylation is 1. The molecular formula is C36H38N2O5. The lowest BCUT2D eigenvalue weighted by Gasteiger charge is -2.30. The van der Waals surface area contributed by atoms with Crippen molar-refractivity contribution in [3.05, 3.63) is 125 Å². The summed E-state index contributed by atoms with van der Waals surface area (Å²) >= 11 is 0. The lowest BCUT2D eigenvalue weighted by atomic mass is 9.94. The van der Waals surface area contributed by atoms with E-state index >= 15 is 0 Å². The number of anilines is 2. The summed E-state index contributed by atoms with van der Waals surface area (Å²) in [5.74, 6) is -0.576. The minimum Gasteiger partial charge on any atom is -0.492 e. The van der Waals surface area contributed by atoms with Crippen molar-refractivity contribution in [3.8, 4) is 5.75 Å². The van der Waals surface area contributed by atoms with Crippen LogP contribution in [0.25, 0.3) is 0 Å². The zero-order valence-electron chi connectivity index (χ0n) is 25.0. The van der Waals surface area contributed by atoms with Crippen LogP contribution in [-0.2, 0) is 16.0 Å². The fraction of sp³-hybridized carbons (Fsp3) is 0.250. The number of carboxylic acids is 1. The molecule has 0 unspecified atom stereocenters. The number of rotatable bonds is 12. The minimum atomic E-state index is -1.03. The number of hydrogen-bond acceptors (Lipinski definition) is 5. The maximum Gasteiger partial charge on any atom is 0.326 e. The topological polar surface area (TPSA) is 95.9 Å². The molecule has 43 heavy (non-hydrogen) atoms. The van der Waals surface area contributed by atoms with E-state index in [4.69, 9.17) is 4.74 Å². The first-order valence-electron chi connectivity index (χ1n) is 14.3. The molecule has 0 aliphatic rings. The van der Waals surface area contributed by atoms with E-state index in [0.717, 1.165) is 16.8 Å². The first-order chi connectivity index (χ1) is 20.5. The third-order valence-electron chi connectivity index (χ3n) is 6.98. The predicted molar refractivity (Wildman–Crippen MR) is 170 cm³/mol. The van der Waals surface area contributed by atoms with Crippen molar-refractivity contribution < 1.29 is 24.2 Å². The quantitative estimate of drug-likeness (QED) is 0.180. The molecular weight excluding hydrogens is 540 g/mol. The third-order valence-corrected chi connectivity index (χ3v) is 6.98. The molecule has 0 radical (unpaired) electrons. The van der Waals surface area contributed by atoms with Crippen molar-refractivity contribution in [1.29, 1.82) is 0 Å². The van der Waals surface area contributed by atoms with Crippen molar-refractivity contribution in [2.75, 3.05) is 23.4 Å². The van der Waals surface area contributed by atoms with Crippen LogP contribution in [0, 0.1) is 12.3 Å². The van der Waals surface area contributed by atoms with E-state index in [9.17, 15) is 19.5 Å². The number of ketones is 1. The van der Waals surface area contributed by atoms with E-state index in [1.54, 1.807) is 65.6 Å². The molecule has 7 nitrogen and oxygen atoms in total. The summed E-state index contributed by atoms with van der Waals surface area (Å²) < 4.78 is 5.97. The molecule has 222 valence electrons. The van der Waals surface area contributed by atoms with E-state index in [1.807, 2.05) is 70.2 Å². The van der Waals surface area contributed by atoms with Gasteiger partial charge in [0.1, 0.15) is 18.4 Å². The summed E-state index contributed by atoms with van der Waals surface area (Å²) in [7, 11) is 0. The molecule has 0 spiro atoms. The molecule has 4 aromatic carbocycles. The van der Waals surface area contributed by atoms with E-state index in [1.165, 1.54) is 0 Å². The first kappa shape index (κ1) is 31.0. The van der Waals surface area contributed by atoms with Gasteiger partial charge in [-0.05, 0) is 54.4 Å². The van der Waals surface area contributed by atoms with Gasteiger partial charge >= 0.3 is 5.97 Å². The highest BCUT2D eigenvalue weighted by molar-refractivity contribution is 6.12. The van der Waals surface area contributed by atoms with Crippen molar-refractivity contribution in [3.63, 3.8) is 0 Å². The first-order valence-corrected chi connectivity index (χ1v) is 14.3. The highest BCUT2D eigenvalue weighted by atomic mass is 16.5. The number of nitrogens with zero attached hydrogens (tertiary/aromatic N) is 1. The Balaban J connectivity index is 1.40. The second-order valence-corrected chi connectivity index (χ2v) is 11.5. The minimum absolute atomic E-state index is 0.0105. The fourth-order valence-corrected chi connectivity index (χ4v) is 4.70. The monoisotopic (exact) mass is 578 g/mol. The van der Waals surface area contributed by atoms with Crippen molar-refractivity contribution >= 4 is 29.0 Å². The molecule has 2 N–H and O–H groups in total. The second kappa shape index (κ2) is 13.8. The molecule has 0 fully saturated rings. The SMILES string of the molecule is Cc1cccc(N(CCOc2ccc(C[C@H](Nc3ccccc3C(=O)c3ccccc3)C(=O)O)cc2)C(=O)C(C)(C)C)c1. The van der Waals surface area contributed by atoms with E-state index in [0.29, 0.717) is 35.7 Å². The van der Waals surface area contributed by atoms with Crippen LogP contribution in [0.2, 0.25) is 0 Å². The van der Waals surface area contributed by atoms with E-state index in [2.05, 4.69) is 5.32 Å². The predicted octanol–water partition coefficient (Wildman–Crippen LogP) is 6.79. The van der Waals surface area contributed by atoms with Gasteiger partial charge in [0, 0.05) is 34.3 Å². The highest BCUT2D eigenvalue weighted by Crippen LogP contribution is 2.25. The van der Waals surface area contributed by atoms with Gasteiger partial charge in [0.25, 0.3) is 0 Å². The maximum atomic E-state index is 13.2. The summed E-state index contributed by atoms with van der Waals surface area (Å²) in [6.07, 6.45) is 0.199. The number of para-hydroxylation sites is 1. The molecule has 0 aliphatic carbocycles. The Morgan fingerprint density at radius 2 is 1.53 bits per heavy atom. The van der Waals surface area contributed by atoms with Crippen molar-refractivity contribution in [2.24, 2.45) is 5.41 Å². The summed E-state index contributed by atoms with van der Waals surface area (Å²) in [6.45, 7) is 8.37. The highest BCUT2D eigenvalue weighted by Gasteiger charge is 2.28. The number of carboxylic acid groups (broad SMARTS) is 1. The van der Waals surface area contributed by atoms with Gasteiger partial charge in [-0.3, -0.25) is 9.59 Å². The Bertz CT molecular complexity index is 1560. The molecule has 0 aromatic heterocycles. The van der Waals surface area contributed by atoms with Gasteiger partial charge in [-0.15, -0.1) is 0 Å². The van der Waals surface area contributed by atoms with Gasteiger partial charge < -0.3 is 20.1 Å². The van der Waals surface area contributed by atoms with Crippen LogP contribution in [0.3, 0.4) is 0 Å². The molecule has 4 rings (SSSR count). The summed E-state index contributed by atoms with van der Waals surface area (Å²) in [6, 6.07) is 30.0. The number of amides is 1. The number of carbonyl (C=O) groups is 3. The Hall–Kier alpha value is -4.91. The molecule has 0 heterocycles. The number of hydrogen-bond donors (Lipinski definition) is 2. The second-order valence-electron chi connectivity index (χ2n) is 11.5. The smallest absolute Gasteiger partial charge is 0.326 e. The maximum absolute atomic E-state index is 13.2. The van der Waals surface area contributed by atoms with Gasteiger partial charge in [-0.25, -0.2) is 4.79 Å². The van der Waals surface area contributed by atoms with Crippen LogP contribution < -0.4 is 15.0 Å². The molecule has 0 aliphatic heterocycles. The normalized spacial score (nSPS) is 11.8. The zero-order valence-corrected chi connectivity index (χ0v) is 25.0. The van der Waals surface area contributed by atoms with Gasteiger partial charge in [-0.2, -0.15) is 0 Å². The number of nitrogens with one attached hydrogen (secondary N) is 1. The average Bonchev–Trinajstić information content (AvgIpc) is 2.99. The van der Waals surface area contributed by atoms with Crippen LogP contribution in [-0.4, -0.2) is 42.0 Å². The molecule has 4 aromatic rings. The van der Waals surface area contributed by atoms with Crippen molar-refractivity contribution in [2.45, 2.75) is 40.2 Å². The largest absolute Gasteiger partial charge is 0.492 e. The lowest BCUT2D eigenvalue weighted by molar-refractivity contribution is -0.137. The zero-order chi connectivity index (χ0) is 31.0. The van der Waals surface area contributed by atoms with E-state index < -0.39 is 17.4 Å². The van der Waals surface area contributed by atoms with Crippen LogP contribution in [0.15, 0.2) is 103 Å². The van der Waals surface area contributed by atoms with E-state index in [-0.39, 0.29) is 18.1 Å². The van der Waals surface area contributed by atoms with Crippen LogP contribution >= 0.6 is 0 Å². The van der Waals surface area contributed by atoms with Gasteiger partial charge in [0.05, 0.1) is 6.54 Å². The molecule has 7 heteroatoms. The van der Waals surface area contributed by atoms with Gasteiger partial charge in [0.15, 0.2) is 5.78 Å². The molecule has 0 saturated heterocycles. The van der Waals surface area contributed by atoms with Gasteiger partial charge in [0.2, 0.25) is 5.91 Å². The summed E-state index contributed by atoms with van der Waals surface area (Å²) in [4.78, 5) is 40.2. The number of carbonyl (C=O) groups excluding carboxylic acids is 2. The number of benzene rings is 4. The lowest BCUT2D eigenvalue weighted by Crippen LogP contribution is -2.42. The summed E-state index contributed by atoms with van der Waals surface area (Å²) in [5.41, 5.74) is 3.56. The average molecular weight is 579 g/mol. The van der Waals surface area contributed by atoms with Crippen LogP contribution in [0.4, 0.5) is 11.4 Å². The van der Waals surface area contributed by atoms with Gasteiger partial charge in [-0.1, -0.05) is 87.5 Å². The molecule has 0 bridgehead atoms. The Morgan fingerprint density at radius 1 is 0.860 bits per heavy atom. The molecule has 1 amide bonds. The third kappa shape index (κ3) is 8.32. The molecule has 0 saturated carbocycles. The van der Waals surface area contributed by atoms with Crippen LogP contribution in [0.1, 0.15) is 47.8 Å². The standard InChI is InChI=1S/C36H38N2O5/c1-25-11-10-14-28(23-25)38(35(42)36(2,3)4)21-22-43-29-19-17-26(18-20-29)24-32(34(40)41)37-31-16-9-8-15-30(31)33(39)27-12-6-5-7-13-27/h5-20,23,32,37H,21-22,24H2,1-4H3,(H,40,41)/t32-/m0/s1. The van der Waals surface area contributed by atoms with Crippen LogP contribution in [0.5, 0.6) is 5.75 Å².